The second-order valence-electron chi connectivity index (χ2n) is 2.16. The van der Waals surface area contributed by atoms with Crippen LogP contribution in [0.4, 0.5) is 0 Å². The van der Waals surface area contributed by atoms with Crippen LogP contribution >= 0.6 is 11.3 Å². The lowest BCUT2D eigenvalue weighted by atomic mass is 10.5. The van der Waals surface area contributed by atoms with Crippen LogP contribution in [0.25, 0.3) is 0 Å². The third kappa shape index (κ3) is 2.55. The molecule has 0 amide bonds. The number of nitrogens with zero attached hydrogens (tertiary/aromatic N) is 2. The van der Waals surface area contributed by atoms with Gasteiger partial charge in [-0.3, -0.25) is 10.1 Å². The number of hydrogen-bond acceptors (Lipinski definition) is 5. The Hall–Kier alpha value is -1.01. The van der Waals surface area contributed by atoms with E-state index in [1.54, 1.807) is 12.5 Å². The van der Waals surface area contributed by atoms with Gasteiger partial charge in [0, 0.05) is 17.4 Å². The highest BCUT2D eigenvalue weighted by molar-refractivity contribution is 7.09. The lowest BCUT2D eigenvalue weighted by Gasteiger charge is -1.89. The Bertz CT molecular complexity index is 274. The molecule has 1 aromatic rings. The first-order valence-electron chi connectivity index (χ1n) is 3.26. The summed E-state index contributed by atoms with van der Waals surface area (Å²) >= 11 is 1.38. The third-order valence-electron chi connectivity index (χ3n) is 1.16. The van der Waals surface area contributed by atoms with Crippen molar-refractivity contribution in [2.75, 3.05) is 7.11 Å². The standard InChI is InChI=1S/C6H8N2O3S/c1-11-3-6-7-5(4-12-6)2-8(9)10/h4H,2-3H2,1H3. The predicted octanol–water partition coefficient (Wildman–Crippen LogP) is 1.07. The third-order valence-corrected chi connectivity index (χ3v) is 2.03. The van der Waals surface area contributed by atoms with Gasteiger partial charge in [0.25, 0.3) is 0 Å². The molecule has 0 spiro atoms. The van der Waals surface area contributed by atoms with Gasteiger partial charge in [0.2, 0.25) is 6.54 Å². The van der Waals surface area contributed by atoms with Gasteiger partial charge in [-0.05, 0) is 0 Å². The molecular weight excluding hydrogens is 180 g/mol. The van der Waals surface area contributed by atoms with Crippen LogP contribution in [-0.2, 0) is 17.9 Å². The zero-order chi connectivity index (χ0) is 8.97. The van der Waals surface area contributed by atoms with E-state index in [-0.39, 0.29) is 6.54 Å². The summed E-state index contributed by atoms with van der Waals surface area (Å²) in [5.74, 6) is 0. The molecule has 66 valence electrons. The topological polar surface area (TPSA) is 65.3 Å². The number of thiazole rings is 1. The number of nitro groups is 1. The first kappa shape index (κ1) is 9.08. The summed E-state index contributed by atoms with van der Waals surface area (Å²) in [6, 6.07) is 0. The van der Waals surface area contributed by atoms with E-state index < -0.39 is 4.92 Å². The molecule has 0 bridgehead atoms. The van der Waals surface area contributed by atoms with Crippen LogP contribution in [0.15, 0.2) is 5.38 Å². The summed E-state index contributed by atoms with van der Waals surface area (Å²) in [6.07, 6.45) is 0. The van der Waals surface area contributed by atoms with Gasteiger partial charge in [0.15, 0.2) is 0 Å². The maximum Gasteiger partial charge on any atom is 0.246 e. The van der Waals surface area contributed by atoms with Crippen LogP contribution in [0, 0.1) is 10.1 Å². The Balaban J connectivity index is 2.58. The van der Waals surface area contributed by atoms with Crippen molar-refractivity contribution in [3.63, 3.8) is 0 Å². The van der Waals surface area contributed by atoms with Gasteiger partial charge < -0.3 is 4.74 Å². The van der Waals surface area contributed by atoms with Gasteiger partial charge in [-0.15, -0.1) is 11.3 Å². The molecule has 1 heterocycles. The fraction of sp³-hybridized carbons (Fsp3) is 0.500. The summed E-state index contributed by atoms with van der Waals surface area (Å²) in [6.45, 7) is 0.211. The minimum absolute atomic E-state index is 0.208. The van der Waals surface area contributed by atoms with Crippen LogP contribution in [0.1, 0.15) is 10.7 Å². The monoisotopic (exact) mass is 188 g/mol. The summed E-state index contributed by atoms with van der Waals surface area (Å²) in [7, 11) is 1.56. The molecule has 0 atom stereocenters. The summed E-state index contributed by atoms with van der Waals surface area (Å²) in [4.78, 5) is 13.7. The Morgan fingerprint density at radius 3 is 3.17 bits per heavy atom. The highest BCUT2D eigenvalue weighted by Gasteiger charge is 2.06. The zero-order valence-electron chi connectivity index (χ0n) is 6.52. The summed E-state index contributed by atoms with van der Waals surface area (Å²) < 4.78 is 4.82. The molecule has 0 aliphatic heterocycles. The van der Waals surface area contributed by atoms with Crippen molar-refractivity contribution in [1.29, 1.82) is 0 Å². The van der Waals surface area contributed by atoms with Crippen LogP contribution in [-0.4, -0.2) is 17.0 Å². The molecule has 1 aromatic heterocycles. The summed E-state index contributed by atoms with van der Waals surface area (Å²) in [5, 5.41) is 12.5. The Labute approximate surface area is 73.2 Å². The molecule has 0 aliphatic rings. The normalized spacial score (nSPS) is 10.1. The van der Waals surface area contributed by atoms with Crippen molar-refractivity contribution in [3.8, 4) is 0 Å². The van der Waals surface area contributed by atoms with E-state index in [1.807, 2.05) is 0 Å². The molecule has 0 saturated carbocycles. The minimum Gasteiger partial charge on any atom is -0.378 e. The predicted molar refractivity (Wildman–Crippen MR) is 43.5 cm³/mol. The highest BCUT2D eigenvalue weighted by atomic mass is 32.1. The largest absolute Gasteiger partial charge is 0.378 e. The van der Waals surface area contributed by atoms with E-state index in [4.69, 9.17) is 4.74 Å². The number of rotatable bonds is 4. The average Bonchev–Trinajstić information content (AvgIpc) is 2.36. The van der Waals surface area contributed by atoms with Gasteiger partial charge in [0.05, 0.1) is 6.61 Å². The van der Waals surface area contributed by atoms with E-state index in [9.17, 15) is 10.1 Å². The molecule has 0 fully saturated rings. The van der Waals surface area contributed by atoms with Crippen molar-refractivity contribution >= 4 is 11.3 Å². The molecule has 0 aliphatic carbocycles. The second-order valence-corrected chi connectivity index (χ2v) is 3.10. The fourth-order valence-corrected chi connectivity index (χ4v) is 1.50. The maximum absolute atomic E-state index is 10.1. The Kier molecular flexibility index (Phi) is 3.12. The highest BCUT2D eigenvalue weighted by Crippen LogP contribution is 2.10. The molecule has 0 aromatic carbocycles. The van der Waals surface area contributed by atoms with Crippen molar-refractivity contribution in [2.24, 2.45) is 0 Å². The molecule has 0 unspecified atom stereocenters. The van der Waals surface area contributed by atoms with Gasteiger partial charge in [0.1, 0.15) is 10.7 Å². The zero-order valence-corrected chi connectivity index (χ0v) is 7.34. The lowest BCUT2D eigenvalue weighted by molar-refractivity contribution is -0.497. The van der Waals surface area contributed by atoms with Gasteiger partial charge >= 0.3 is 0 Å². The molecular formula is C6H8N2O3S. The molecule has 1 rings (SSSR count). The number of ether oxygens (including phenoxy) is 1. The minimum atomic E-state index is -0.397. The van der Waals surface area contributed by atoms with Crippen LogP contribution < -0.4 is 0 Å². The SMILES string of the molecule is COCc1nc(C[N+](=O)[O-])cs1. The first-order chi connectivity index (χ1) is 5.72. The van der Waals surface area contributed by atoms with Crippen molar-refractivity contribution < 1.29 is 9.66 Å². The fourth-order valence-electron chi connectivity index (χ4n) is 0.744. The number of aromatic nitrogens is 1. The van der Waals surface area contributed by atoms with Crippen molar-refractivity contribution in [3.05, 3.63) is 26.2 Å². The molecule has 5 nitrogen and oxygen atoms in total. The molecule has 0 saturated heterocycles. The van der Waals surface area contributed by atoms with Crippen LogP contribution in [0.2, 0.25) is 0 Å². The van der Waals surface area contributed by atoms with E-state index in [0.717, 1.165) is 5.01 Å². The molecule has 0 radical (unpaired) electrons. The van der Waals surface area contributed by atoms with Crippen molar-refractivity contribution in [2.45, 2.75) is 13.2 Å². The maximum atomic E-state index is 10.1. The van der Waals surface area contributed by atoms with Gasteiger partial charge in [-0.25, -0.2) is 4.98 Å². The quantitative estimate of drug-likeness (QED) is 0.523. The Morgan fingerprint density at radius 2 is 2.58 bits per heavy atom. The lowest BCUT2D eigenvalue weighted by Crippen LogP contribution is -1.98. The van der Waals surface area contributed by atoms with E-state index >= 15 is 0 Å². The Morgan fingerprint density at radius 1 is 1.83 bits per heavy atom. The smallest absolute Gasteiger partial charge is 0.246 e. The van der Waals surface area contributed by atoms with Crippen molar-refractivity contribution in [1.82, 2.24) is 4.98 Å². The van der Waals surface area contributed by atoms with E-state index in [2.05, 4.69) is 4.98 Å². The average molecular weight is 188 g/mol. The van der Waals surface area contributed by atoms with E-state index in [1.165, 1.54) is 11.3 Å². The molecule has 6 heteroatoms. The van der Waals surface area contributed by atoms with Gasteiger partial charge in [-0.2, -0.15) is 0 Å². The summed E-state index contributed by atoms with van der Waals surface area (Å²) in [5.41, 5.74) is 0.497. The van der Waals surface area contributed by atoms with E-state index in [0.29, 0.717) is 12.3 Å². The number of methoxy groups -OCH3 is 1. The second kappa shape index (κ2) is 4.13. The molecule has 0 N–H and O–H groups in total. The molecule has 12 heavy (non-hydrogen) atoms. The number of hydrogen-bond donors (Lipinski definition) is 0. The first-order valence-corrected chi connectivity index (χ1v) is 4.14. The van der Waals surface area contributed by atoms with Gasteiger partial charge in [-0.1, -0.05) is 0 Å². The van der Waals surface area contributed by atoms with Crippen LogP contribution in [0.3, 0.4) is 0 Å². The van der Waals surface area contributed by atoms with Crippen LogP contribution in [0.5, 0.6) is 0 Å².